The van der Waals surface area contributed by atoms with Crippen LogP contribution in [-0.4, -0.2) is 25.3 Å². The summed E-state index contributed by atoms with van der Waals surface area (Å²) >= 11 is 0. The van der Waals surface area contributed by atoms with Gasteiger partial charge in [0.25, 0.3) is 10.1 Å². The monoisotopic (exact) mass is 249 g/mol. The molecule has 0 heterocycles. The summed E-state index contributed by atoms with van der Waals surface area (Å²) in [6.45, 7) is 4.61. The van der Waals surface area contributed by atoms with Crippen molar-refractivity contribution in [1.29, 1.82) is 0 Å². The van der Waals surface area contributed by atoms with Crippen molar-refractivity contribution < 1.29 is 13.0 Å². The highest BCUT2D eigenvalue weighted by molar-refractivity contribution is 7.85. The van der Waals surface area contributed by atoms with Gasteiger partial charge >= 0.3 is 0 Å². The maximum Gasteiger partial charge on any atom is 0.265 e. The predicted molar refractivity (Wildman–Crippen MR) is 64.7 cm³/mol. The van der Waals surface area contributed by atoms with Crippen LogP contribution in [0.1, 0.15) is 39.5 Å². The van der Waals surface area contributed by atoms with E-state index < -0.39 is 15.5 Å². The highest BCUT2D eigenvalue weighted by atomic mass is 32.2. The van der Waals surface area contributed by atoms with E-state index >= 15 is 0 Å². The van der Waals surface area contributed by atoms with Crippen molar-refractivity contribution in [3.8, 4) is 0 Å². The van der Waals surface area contributed by atoms with E-state index in [-0.39, 0.29) is 5.75 Å². The molecule has 0 aromatic rings. The average Bonchev–Trinajstić information content (AvgIpc) is 2.54. The highest BCUT2D eigenvalue weighted by Gasteiger charge is 2.45. The summed E-state index contributed by atoms with van der Waals surface area (Å²) in [6.07, 6.45) is 3.79. The number of nitrogens with two attached hydrogens (primary N) is 1. The first-order chi connectivity index (χ1) is 7.36. The third-order valence-electron chi connectivity index (χ3n) is 4.03. The second-order valence-corrected chi connectivity index (χ2v) is 6.63. The van der Waals surface area contributed by atoms with Crippen molar-refractivity contribution in [3.05, 3.63) is 0 Å². The number of hydrogen-bond acceptors (Lipinski definition) is 3. The Hall–Kier alpha value is -0.130. The summed E-state index contributed by atoms with van der Waals surface area (Å²) in [5.74, 6) is 0.925. The van der Waals surface area contributed by atoms with Gasteiger partial charge in [0.05, 0.1) is 5.75 Å². The molecule has 1 aliphatic carbocycles. The van der Waals surface area contributed by atoms with Crippen molar-refractivity contribution in [2.75, 3.05) is 12.3 Å². The first kappa shape index (κ1) is 13.9. The fraction of sp³-hybridized carbons (Fsp3) is 1.00. The maximum atomic E-state index is 11.0. The summed E-state index contributed by atoms with van der Waals surface area (Å²) in [5.41, 5.74) is 5.34. The van der Waals surface area contributed by atoms with Gasteiger partial charge in [0, 0.05) is 0 Å². The Kier molecular flexibility index (Phi) is 4.37. The summed E-state index contributed by atoms with van der Waals surface area (Å²) in [5, 5.41) is 0. The van der Waals surface area contributed by atoms with Crippen LogP contribution >= 0.6 is 0 Å². The van der Waals surface area contributed by atoms with Crippen LogP contribution in [-0.2, 0) is 10.1 Å². The predicted octanol–water partition coefficient (Wildman–Crippen LogP) is 1.67. The Labute approximate surface area is 98.4 Å². The van der Waals surface area contributed by atoms with Crippen molar-refractivity contribution >= 4 is 10.1 Å². The van der Waals surface area contributed by atoms with Crippen LogP contribution in [0.15, 0.2) is 0 Å². The van der Waals surface area contributed by atoms with Gasteiger partial charge < -0.3 is 5.73 Å². The fourth-order valence-corrected chi connectivity index (χ4v) is 4.34. The smallest absolute Gasteiger partial charge is 0.265 e. The molecule has 0 spiro atoms. The van der Waals surface area contributed by atoms with Crippen molar-refractivity contribution in [1.82, 2.24) is 0 Å². The number of rotatable bonds is 5. The second-order valence-electron chi connectivity index (χ2n) is 5.18. The Morgan fingerprint density at radius 3 is 1.94 bits per heavy atom. The molecule has 0 aromatic heterocycles. The lowest BCUT2D eigenvalue weighted by molar-refractivity contribution is 0.319. The molecule has 1 aliphatic rings. The van der Waals surface area contributed by atoms with Crippen LogP contribution < -0.4 is 5.73 Å². The summed E-state index contributed by atoms with van der Waals surface area (Å²) in [4.78, 5) is 0. The van der Waals surface area contributed by atoms with E-state index in [4.69, 9.17) is 10.3 Å². The topological polar surface area (TPSA) is 80.4 Å². The third-order valence-corrected chi connectivity index (χ3v) is 5.00. The van der Waals surface area contributed by atoms with Crippen molar-refractivity contribution in [3.63, 3.8) is 0 Å². The van der Waals surface area contributed by atoms with Gasteiger partial charge in [-0.2, -0.15) is 8.42 Å². The molecule has 0 unspecified atom stereocenters. The summed E-state index contributed by atoms with van der Waals surface area (Å²) < 4.78 is 31.1. The molecule has 16 heavy (non-hydrogen) atoms. The van der Waals surface area contributed by atoms with E-state index in [9.17, 15) is 8.42 Å². The van der Waals surface area contributed by atoms with Crippen molar-refractivity contribution in [2.24, 2.45) is 23.0 Å². The molecule has 0 bridgehead atoms. The second kappa shape index (κ2) is 5.02. The lowest BCUT2D eigenvalue weighted by Crippen LogP contribution is -2.35. The molecule has 1 rings (SSSR count). The quantitative estimate of drug-likeness (QED) is 0.726. The molecule has 0 aromatic carbocycles. The van der Waals surface area contributed by atoms with Crippen LogP contribution in [0.25, 0.3) is 0 Å². The van der Waals surface area contributed by atoms with E-state index in [0.717, 1.165) is 25.7 Å². The third kappa shape index (κ3) is 3.18. The lowest BCUT2D eigenvalue weighted by atomic mass is 9.87. The largest absolute Gasteiger partial charge is 0.330 e. The Bertz CT molecular complexity index is 314. The zero-order valence-electron chi connectivity index (χ0n) is 10.1. The van der Waals surface area contributed by atoms with Gasteiger partial charge in [-0.15, -0.1) is 0 Å². The Morgan fingerprint density at radius 1 is 1.25 bits per heavy atom. The van der Waals surface area contributed by atoms with E-state index in [1.807, 2.05) is 0 Å². The molecule has 0 radical (unpaired) electrons. The minimum absolute atomic E-state index is 0.177. The zero-order chi connectivity index (χ0) is 12.4. The van der Waals surface area contributed by atoms with E-state index in [0.29, 0.717) is 18.4 Å². The average molecular weight is 249 g/mol. The molecular weight excluding hydrogens is 226 g/mol. The highest BCUT2D eigenvalue weighted by Crippen LogP contribution is 2.48. The Balaban J connectivity index is 2.84. The summed E-state index contributed by atoms with van der Waals surface area (Å²) in [7, 11) is -3.92. The molecule has 5 heteroatoms. The molecule has 3 atom stereocenters. The molecule has 1 fully saturated rings. The minimum Gasteiger partial charge on any atom is -0.330 e. The maximum absolute atomic E-state index is 11.0. The molecule has 0 saturated heterocycles. The molecule has 1 saturated carbocycles. The molecule has 0 amide bonds. The first-order valence-electron chi connectivity index (χ1n) is 6.01. The Morgan fingerprint density at radius 2 is 1.69 bits per heavy atom. The van der Waals surface area contributed by atoms with Gasteiger partial charge in [-0.05, 0) is 36.6 Å². The van der Waals surface area contributed by atoms with Crippen LogP contribution in [0.4, 0.5) is 0 Å². The minimum atomic E-state index is -3.92. The van der Waals surface area contributed by atoms with Gasteiger partial charge in [-0.25, -0.2) is 0 Å². The molecule has 96 valence electrons. The van der Waals surface area contributed by atoms with Gasteiger partial charge in [0.1, 0.15) is 0 Å². The first-order valence-corrected chi connectivity index (χ1v) is 7.62. The van der Waals surface area contributed by atoms with E-state index in [1.54, 1.807) is 0 Å². The van der Waals surface area contributed by atoms with Gasteiger partial charge in [-0.3, -0.25) is 4.55 Å². The molecule has 4 nitrogen and oxygen atoms in total. The van der Waals surface area contributed by atoms with Crippen LogP contribution in [0.2, 0.25) is 0 Å². The normalized spacial score (nSPS) is 35.5. The zero-order valence-corrected chi connectivity index (χ0v) is 11.0. The fourth-order valence-electron chi connectivity index (χ4n) is 3.21. The van der Waals surface area contributed by atoms with E-state index in [2.05, 4.69) is 13.8 Å². The van der Waals surface area contributed by atoms with Crippen molar-refractivity contribution in [2.45, 2.75) is 39.5 Å². The standard InChI is InChI=1S/C11H23NO3S/c1-3-9-5-11(7-12,6-10(9)4-2)8-16(13,14)15/h9-10H,3-8,12H2,1-2H3,(H,13,14,15)/t9-,10+,11+. The van der Waals surface area contributed by atoms with Gasteiger partial charge in [0.2, 0.25) is 0 Å². The van der Waals surface area contributed by atoms with Gasteiger partial charge in [-0.1, -0.05) is 26.7 Å². The van der Waals surface area contributed by atoms with Crippen LogP contribution in [0.3, 0.4) is 0 Å². The SMILES string of the molecule is CC[C@@H]1C[C@](CN)(CS(=O)(=O)O)C[C@@H]1CC. The lowest BCUT2D eigenvalue weighted by Gasteiger charge is -2.26. The summed E-state index contributed by atoms with van der Waals surface area (Å²) in [6, 6.07) is 0. The molecule has 3 N–H and O–H groups in total. The number of hydrogen-bond donors (Lipinski definition) is 2. The van der Waals surface area contributed by atoms with Crippen LogP contribution in [0, 0.1) is 17.3 Å². The van der Waals surface area contributed by atoms with E-state index in [1.165, 1.54) is 0 Å². The molecule has 0 aliphatic heterocycles. The van der Waals surface area contributed by atoms with Crippen LogP contribution in [0.5, 0.6) is 0 Å². The van der Waals surface area contributed by atoms with Gasteiger partial charge in [0.15, 0.2) is 0 Å². The molecular formula is C11H23NO3S.